The summed E-state index contributed by atoms with van der Waals surface area (Å²) in [5.74, 6) is 1.85. The molecule has 0 saturated heterocycles. The highest BCUT2D eigenvalue weighted by Crippen LogP contribution is 2.44. The van der Waals surface area contributed by atoms with Crippen molar-refractivity contribution in [3.05, 3.63) is 22.8 Å². The maximum absolute atomic E-state index is 6.00. The lowest BCUT2D eigenvalue weighted by Gasteiger charge is -2.14. The Morgan fingerprint density at radius 1 is 1.28 bits per heavy atom. The summed E-state index contributed by atoms with van der Waals surface area (Å²) in [7, 11) is 4.99. The van der Waals surface area contributed by atoms with Crippen LogP contribution in [0, 0.1) is 0 Å². The van der Waals surface area contributed by atoms with Gasteiger partial charge in [0, 0.05) is 22.6 Å². The van der Waals surface area contributed by atoms with Gasteiger partial charge in [0.1, 0.15) is 5.82 Å². The molecule has 2 aromatic rings. The van der Waals surface area contributed by atoms with Crippen LogP contribution in [0.5, 0.6) is 11.5 Å². The summed E-state index contributed by atoms with van der Waals surface area (Å²) >= 11 is 3.50. The minimum Gasteiger partial charge on any atom is -0.493 e. The number of rotatable bonds is 3. The molecule has 1 aromatic heterocycles. The van der Waals surface area contributed by atoms with Crippen molar-refractivity contribution in [1.29, 1.82) is 0 Å². The lowest BCUT2D eigenvalue weighted by molar-refractivity contribution is 0.356. The highest BCUT2D eigenvalue weighted by atomic mass is 79.9. The van der Waals surface area contributed by atoms with E-state index < -0.39 is 0 Å². The minimum absolute atomic E-state index is 0.572. The molecule has 0 bridgehead atoms. The first-order valence-electron chi connectivity index (χ1n) is 5.28. The number of nitrogens with two attached hydrogens (primary N) is 1. The van der Waals surface area contributed by atoms with E-state index in [9.17, 15) is 0 Å². The van der Waals surface area contributed by atoms with Gasteiger partial charge in [0.15, 0.2) is 11.5 Å². The first-order valence-corrected chi connectivity index (χ1v) is 6.07. The molecule has 6 heteroatoms. The highest BCUT2D eigenvalue weighted by molar-refractivity contribution is 9.10. The third-order valence-electron chi connectivity index (χ3n) is 2.75. The molecule has 0 saturated carbocycles. The molecule has 0 aliphatic rings. The van der Waals surface area contributed by atoms with Crippen molar-refractivity contribution >= 4 is 21.7 Å². The standard InChI is InChI=1S/C12H14BrN3O2/c1-16-12(14)7(6-15-16)10-8(13)4-5-9(17-2)11(10)18-3/h4-6H,14H2,1-3H3. The van der Waals surface area contributed by atoms with Crippen molar-refractivity contribution in [2.24, 2.45) is 7.05 Å². The van der Waals surface area contributed by atoms with Crippen molar-refractivity contribution in [3.8, 4) is 22.6 Å². The van der Waals surface area contributed by atoms with Crippen LogP contribution in [-0.2, 0) is 7.05 Å². The van der Waals surface area contributed by atoms with Gasteiger partial charge in [-0.15, -0.1) is 0 Å². The van der Waals surface area contributed by atoms with E-state index in [1.807, 2.05) is 12.1 Å². The molecule has 0 spiro atoms. The smallest absolute Gasteiger partial charge is 0.169 e. The van der Waals surface area contributed by atoms with Gasteiger partial charge < -0.3 is 15.2 Å². The Balaban J connectivity index is 2.73. The van der Waals surface area contributed by atoms with Crippen LogP contribution in [0.3, 0.4) is 0 Å². The second-order valence-corrected chi connectivity index (χ2v) is 4.58. The van der Waals surface area contributed by atoms with Crippen molar-refractivity contribution in [2.45, 2.75) is 0 Å². The zero-order chi connectivity index (χ0) is 13.3. The van der Waals surface area contributed by atoms with Crippen LogP contribution in [0.25, 0.3) is 11.1 Å². The Kier molecular flexibility index (Phi) is 3.47. The lowest BCUT2D eigenvalue weighted by Crippen LogP contribution is -1.99. The predicted molar refractivity (Wildman–Crippen MR) is 73.9 cm³/mol. The topological polar surface area (TPSA) is 62.3 Å². The summed E-state index contributed by atoms with van der Waals surface area (Å²) in [6, 6.07) is 3.72. The third-order valence-corrected chi connectivity index (χ3v) is 3.41. The number of aromatic nitrogens is 2. The molecule has 96 valence electrons. The summed E-state index contributed by atoms with van der Waals surface area (Å²) in [6.07, 6.45) is 1.71. The van der Waals surface area contributed by atoms with Gasteiger partial charge in [-0.1, -0.05) is 15.9 Å². The number of nitrogen functional groups attached to an aromatic ring is 1. The first kappa shape index (κ1) is 12.8. The fraction of sp³-hybridized carbons (Fsp3) is 0.250. The van der Waals surface area contributed by atoms with Crippen molar-refractivity contribution < 1.29 is 9.47 Å². The molecule has 0 atom stereocenters. The van der Waals surface area contributed by atoms with Gasteiger partial charge in [-0.25, -0.2) is 0 Å². The normalized spacial score (nSPS) is 10.4. The fourth-order valence-electron chi connectivity index (χ4n) is 1.79. The molecule has 0 aliphatic carbocycles. The molecule has 5 nitrogen and oxygen atoms in total. The summed E-state index contributed by atoms with van der Waals surface area (Å²) in [6.45, 7) is 0. The second-order valence-electron chi connectivity index (χ2n) is 3.72. The molecule has 1 aromatic carbocycles. The number of halogens is 1. The molecule has 18 heavy (non-hydrogen) atoms. The van der Waals surface area contributed by atoms with Crippen LogP contribution in [-0.4, -0.2) is 24.0 Å². The van der Waals surface area contributed by atoms with Crippen molar-refractivity contribution in [3.63, 3.8) is 0 Å². The van der Waals surface area contributed by atoms with E-state index in [1.54, 1.807) is 32.1 Å². The number of anilines is 1. The Bertz CT molecular complexity index is 581. The van der Waals surface area contributed by atoms with Gasteiger partial charge in [0.25, 0.3) is 0 Å². The zero-order valence-corrected chi connectivity index (χ0v) is 12.0. The van der Waals surface area contributed by atoms with E-state index in [1.165, 1.54) is 0 Å². The lowest BCUT2D eigenvalue weighted by atomic mass is 10.1. The Labute approximate surface area is 114 Å². The van der Waals surface area contributed by atoms with Crippen LogP contribution < -0.4 is 15.2 Å². The number of hydrogen-bond acceptors (Lipinski definition) is 4. The summed E-state index contributed by atoms with van der Waals surface area (Å²) in [5, 5.41) is 4.14. The SMILES string of the molecule is COc1ccc(Br)c(-c2cnn(C)c2N)c1OC. The van der Waals surface area contributed by atoms with Gasteiger partial charge in [0.2, 0.25) is 0 Å². The van der Waals surface area contributed by atoms with Crippen LogP contribution >= 0.6 is 15.9 Å². The molecule has 0 unspecified atom stereocenters. The molecule has 2 N–H and O–H groups in total. The van der Waals surface area contributed by atoms with E-state index in [2.05, 4.69) is 21.0 Å². The van der Waals surface area contributed by atoms with E-state index in [0.717, 1.165) is 15.6 Å². The molecular formula is C12H14BrN3O2. The second kappa shape index (κ2) is 4.89. The van der Waals surface area contributed by atoms with E-state index in [-0.39, 0.29) is 0 Å². The monoisotopic (exact) mass is 311 g/mol. The molecule has 2 rings (SSSR count). The Hall–Kier alpha value is -1.69. The van der Waals surface area contributed by atoms with E-state index in [4.69, 9.17) is 15.2 Å². The summed E-state index contributed by atoms with van der Waals surface area (Å²) in [5.41, 5.74) is 7.64. The molecule has 0 radical (unpaired) electrons. The number of ether oxygens (including phenoxy) is 2. The van der Waals surface area contributed by atoms with Gasteiger partial charge in [-0.3, -0.25) is 4.68 Å². The summed E-state index contributed by atoms with van der Waals surface area (Å²) in [4.78, 5) is 0. The fourth-order valence-corrected chi connectivity index (χ4v) is 2.32. The maximum Gasteiger partial charge on any atom is 0.169 e. The average Bonchev–Trinajstić information content (AvgIpc) is 2.69. The van der Waals surface area contributed by atoms with Gasteiger partial charge in [0.05, 0.1) is 20.4 Å². The van der Waals surface area contributed by atoms with E-state index in [0.29, 0.717) is 17.3 Å². The van der Waals surface area contributed by atoms with Crippen LogP contribution in [0.4, 0.5) is 5.82 Å². The first-order chi connectivity index (χ1) is 8.60. The van der Waals surface area contributed by atoms with Gasteiger partial charge in [-0.05, 0) is 12.1 Å². The Morgan fingerprint density at radius 3 is 2.50 bits per heavy atom. The molecular weight excluding hydrogens is 298 g/mol. The zero-order valence-electron chi connectivity index (χ0n) is 10.4. The molecule has 0 aliphatic heterocycles. The third kappa shape index (κ3) is 1.92. The largest absolute Gasteiger partial charge is 0.493 e. The molecule has 0 amide bonds. The number of benzene rings is 1. The molecule has 1 heterocycles. The summed E-state index contributed by atoms with van der Waals surface area (Å²) < 4.78 is 13.2. The van der Waals surface area contributed by atoms with Crippen LogP contribution in [0.15, 0.2) is 22.8 Å². The maximum atomic E-state index is 6.00. The highest BCUT2D eigenvalue weighted by Gasteiger charge is 2.19. The number of aryl methyl sites for hydroxylation is 1. The van der Waals surface area contributed by atoms with Gasteiger partial charge in [-0.2, -0.15) is 5.10 Å². The minimum atomic E-state index is 0.572. The number of hydrogen-bond donors (Lipinski definition) is 1. The van der Waals surface area contributed by atoms with Crippen molar-refractivity contribution in [2.75, 3.05) is 20.0 Å². The van der Waals surface area contributed by atoms with Gasteiger partial charge >= 0.3 is 0 Å². The number of nitrogens with zero attached hydrogens (tertiary/aromatic N) is 2. The van der Waals surface area contributed by atoms with E-state index >= 15 is 0 Å². The van der Waals surface area contributed by atoms with Crippen LogP contribution in [0.1, 0.15) is 0 Å². The van der Waals surface area contributed by atoms with Crippen LogP contribution in [0.2, 0.25) is 0 Å². The van der Waals surface area contributed by atoms with Crippen molar-refractivity contribution in [1.82, 2.24) is 9.78 Å². The quantitative estimate of drug-likeness (QED) is 0.945. The number of methoxy groups -OCH3 is 2. The predicted octanol–water partition coefficient (Wildman–Crippen LogP) is 2.45. The molecule has 0 fully saturated rings. The average molecular weight is 312 g/mol. The Morgan fingerprint density at radius 2 is 2.00 bits per heavy atom.